The van der Waals surface area contributed by atoms with Crippen molar-refractivity contribution in [3.8, 4) is 23.0 Å². The second-order valence-corrected chi connectivity index (χ2v) is 7.32. The quantitative estimate of drug-likeness (QED) is 0.247. The van der Waals surface area contributed by atoms with Crippen molar-refractivity contribution >= 4 is 24.2 Å². The number of aromatic amines is 1. The molecule has 0 saturated heterocycles. The number of phenolic OH excluding ortho intramolecular Hbond substituents is 2. The van der Waals surface area contributed by atoms with Crippen LogP contribution in [-0.4, -0.2) is 53.7 Å². The number of rotatable bonds is 8. The molecule has 1 aromatic heterocycles. The van der Waals surface area contributed by atoms with Crippen molar-refractivity contribution in [2.24, 2.45) is 10.2 Å². The summed E-state index contributed by atoms with van der Waals surface area (Å²) >= 11 is 0. The van der Waals surface area contributed by atoms with E-state index in [2.05, 4.69) is 26.0 Å². The molecule has 35 heavy (non-hydrogen) atoms. The van der Waals surface area contributed by atoms with Gasteiger partial charge in [-0.05, 0) is 43.7 Å². The fourth-order valence-electron chi connectivity index (χ4n) is 3.37. The van der Waals surface area contributed by atoms with Crippen LogP contribution >= 0.6 is 0 Å². The standard InChI is InChI=1S/C24H25N5O6/c1-13-19(23(32)28-25-11-15-7-5-9-17(34-3)21(15)30)14(2)27-20(13)24(33)29-26-12-16-8-6-10-18(35-4)22(16)31/h5-12,27,30-31H,1-4H3,(H,28,32)(H,29,33)/b25-11-,26-12-. The largest absolute Gasteiger partial charge is 0.504 e. The van der Waals surface area contributed by atoms with Gasteiger partial charge < -0.3 is 24.7 Å². The number of H-pyrrole nitrogens is 1. The number of hydrazone groups is 2. The van der Waals surface area contributed by atoms with E-state index in [-0.39, 0.29) is 34.3 Å². The van der Waals surface area contributed by atoms with E-state index in [1.807, 2.05) is 0 Å². The van der Waals surface area contributed by atoms with Crippen LogP contribution in [0.5, 0.6) is 23.0 Å². The van der Waals surface area contributed by atoms with Gasteiger partial charge >= 0.3 is 0 Å². The Hall–Kier alpha value is -4.80. The van der Waals surface area contributed by atoms with Crippen LogP contribution < -0.4 is 20.3 Å². The van der Waals surface area contributed by atoms with Crippen LogP contribution in [0.4, 0.5) is 0 Å². The van der Waals surface area contributed by atoms with Gasteiger partial charge in [-0.1, -0.05) is 12.1 Å². The summed E-state index contributed by atoms with van der Waals surface area (Å²) in [5.74, 6) is -0.786. The SMILES string of the molecule is COc1cccc(/C=N\NC(=O)c2[nH]c(C)c(C(=O)N/N=C\c3cccc(OC)c3O)c2C)c1O. The molecule has 0 saturated carbocycles. The number of benzene rings is 2. The van der Waals surface area contributed by atoms with Gasteiger partial charge in [0.2, 0.25) is 0 Å². The maximum Gasteiger partial charge on any atom is 0.288 e. The van der Waals surface area contributed by atoms with Crippen LogP contribution in [0, 0.1) is 13.8 Å². The first-order chi connectivity index (χ1) is 16.8. The molecule has 3 aromatic rings. The third-order valence-corrected chi connectivity index (χ3v) is 5.13. The van der Waals surface area contributed by atoms with Crippen LogP contribution in [0.1, 0.15) is 43.2 Å². The highest BCUT2D eigenvalue weighted by molar-refractivity contribution is 6.03. The zero-order valence-corrected chi connectivity index (χ0v) is 19.5. The van der Waals surface area contributed by atoms with Crippen molar-refractivity contribution in [1.29, 1.82) is 0 Å². The molecule has 11 nitrogen and oxygen atoms in total. The van der Waals surface area contributed by atoms with E-state index in [9.17, 15) is 19.8 Å². The summed E-state index contributed by atoms with van der Waals surface area (Å²) in [6, 6.07) is 9.73. The fourth-order valence-corrected chi connectivity index (χ4v) is 3.37. The number of amides is 2. The van der Waals surface area contributed by atoms with E-state index in [4.69, 9.17) is 9.47 Å². The van der Waals surface area contributed by atoms with Crippen LogP contribution in [0.15, 0.2) is 46.6 Å². The lowest BCUT2D eigenvalue weighted by molar-refractivity contribution is 0.0948. The van der Waals surface area contributed by atoms with Gasteiger partial charge in [-0.2, -0.15) is 10.2 Å². The van der Waals surface area contributed by atoms with Crippen LogP contribution in [0.25, 0.3) is 0 Å². The average Bonchev–Trinajstić information content (AvgIpc) is 3.15. The van der Waals surface area contributed by atoms with E-state index < -0.39 is 11.8 Å². The summed E-state index contributed by atoms with van der Waals surface area (Å²) in [4.78, 5) is 28.2. The topological polar surface area (TPSA) is 158 Å². The van der Waals surface area contributed by atoms with Gasteiger partial charge in [0.05, 0.1) is 32.2 Å². The molecule has 0 aliphatic rings. The summed E-state index contributed by atoms with van der Waals surface area (Å²) in [6.07, 6.45) is 2.56. The molecule has 3 rings (SSSR count). The van der Waals surface area contributed by atoms with Gasteiger partial charge in [0.15, 0.2) is 23.0 Å². The summed E-state index contributed by atoms with van der Waals surface area (Å²) in [5, 5.41) is 27.9. The van der Waals surface area contributed by atoms with Crippen molar-refractivity contribution in [2.45, 2.75) is 13.8 Å². The van der Waals surface area contributed by atoms with Gasteiger partial charge in [0.1, 0.15) is 5.69 Å². The monoisotopic (exact) mass is 479 g/mol. The minimum absolute atomic E-state index is 0.108. The first kappa shape index (κ1) is 24.8. The van der Waals surface area contributed by atoms with Crippen molar-refractivity contribution in [1.82, 2.24) is 15.8 Å². The van der Waals surface area contributed by atoms with E-state index in [1.165, 1.54) is 26.6 Å². The van der Waals surface area contributed by atoms with Crippen LogP contribution in [-0.2, 0) is 0 Å². The number of methoxy groups -OCH3 is 2. The number of nitrogens with one attached hydrogen (secondary N) is 3. The van der Waals surface area contributed by atoms with Gasteiger partial charge in [-0.15, -0.1) is 0 Å². The molecule has 0 bridgehead atoms. The Labute approximate surface area is 201 Å². The Balaban J connectivity index is 1.70. The lowest BCUT2D eigenvalue weighted by Gasteiger charge is -2.05. The molecule has 1 heterocycles. The van der Waals surface area contributed by atoms with Crippen molar-refractivity contribution in [3.63, 3.8) is 0 Å². The molecule has 0 aliphatic carbocycles. The number of carbonyl (C=O) groups excluding carboxylic acids is 2. The minimum atomic E-state index is -0.576. The first-order valence-electron chi connectivity index (χ1n) is 10.4. The second-order valence-electron chi connectivity index (χ2n) is 7.32. The highest BCUT2D eigenvalue weighted by Crippen LogP contribution is 2.29. The number of nitrogens with zero attached hydrogens (tertiary/aromatic N) is 2. The molecule has 5 N–H and O–H groups in total. The third kappa shape index (κ3) is 5.41. The third-order valence-electron chi connectivity index (χ3n) is 5.13. The van der Waals surface area contributed by atoms with E-state index >= 15 is 0 Å². The highest BCUT2D eigenvalue weighted by atomic mass is 16.5. The van der Waals surface area contributed by atoms with Crippen molar-refractivity contribution in [2.75, 3.05) is 14.2 Å². The van der Waals surface area contributed by atoms with Gasteiger partial charge in [-0.25, -0.2) is 10.9 Å². The van der Waals surface area contributed by atoms with E-state index in [0.29, 0.717) is 22.4 Å². The van der Waals surface area contributed by atoms with Crippen molar-refractivity contribution in [3.05, 3.63) is 70.0 Å². The molecule has 0 aliphatic heterocycles. The summed E-state index contributed by atoms with van der Waals surface area (Å²) in [5.41, 5.74) is 6.70. The molecule has 0 radical (unpaired) electrons. The Kier molecular flexibility index (Phi) is 7.72. The Morgan fingerprint density at radius 2 is 1.34 bits per heavy atom. The van der Waals surface area contributed by atoms with Gasteiger partial charge in [-0.3, -0.25) is 9.59 Å². The molecular formula is C24H25N5O6. The lowest BCUT2D eigenvalue weighted by atomic mass is 10.1. The minimum Gasteiger partial charge on any atom is -0.504 e. The van der Waals surface area contributed by atoms with Crippen LogP contribution in [0.3, 0.4) is 0 Å². The van der Waals surface area contributed by atoms with Crippen molar-refractivity contribution < 1.29 is 29.3 Å². The molecule has 0 spiro atoms. The van der Waals surface area contributed by atoms with Gasteiger partial charge in [0.25, 0.3) is 11.8 Å². The highest BCUT2D eigenvalue weighted by Gasteiger charge is 2.21. The summed E-state index contributed by atoms with van der Waals surface area (Å²) < 4.78 is 10.1. The Bertz CT molecular complexity index is 1310. The summed E-state index contributed by atoms with van der Waals surface area (Å²) in [6.45, 7) is 3.26. The fraction of sp³-hybridized carbons (Fsp3) is 0.167. The lowest BCUT2D eigenvalue weighted by Crippen LogP contribution is -2.21. The second kappa shape index (κ2) is 10.9. The zero-order valence-electron chi connectivity index (χ0n) is 19.5. The number of aromatic hydroxyl groups is 2. The molecule has 0 atom stereocenters. The van der Waals surface area contributed by atoms with E-state index in [0.717, 1.165) is 0 Å². The molecule has 0 unspecified atom stereocenters. The number of aryl methyl sites for hydroxylation is 1. The smallest absolute Gasteiger partial charge is 0.288 e. The zero-order chi connectivity index (χ0) is 25.5. The molecule has 0 fully saturated rings. The van der Waals surface area contributed by atoms with E-state index in [1.54, 1.807) is 50.2 Å². The predicted molar refractivity (Wildman–Crippen MR) is 130 cm³/mol. The normalized spacial score (nSPS) is 11.1. The molecular weight excluding hydrogens is 454 g/mol. The molecule has 2 aromatic carbocycles. The first-order valence-corrected chi connectivity index (χ1v) is 10.4. The number of phenols is 2. The Morgan fingerprint density at radius 1 is 0.857 bits per heavy atom. The number of para-hydroxylation sites is 2. The molecule has 182 valence electrons. The van der Waals surface area contributed by atoms with Gasteiger partial charge in [0, 0.05) is 16.8 Å². The summed E-state index contributed by atoms with van der Waals surface area (Å²) in [7, 11) is 2.85. The molecule has 11 heteroatoms. The molecule has 2 amide bonds. The number of hydrogen-bond donors (Lipinski definition) is 5. The Morgan fingerprint density at radius 3 is 1.83 bits per heavy atom. The maximum absolute atomic E-state index is 12.7. The maximum atomic E-state index is 12.7. The number of aromatic nitrogens is 1. The number of hydrogen-bond acceptors (Lipinski definition) is 8. The number of carbonyl (C=O) groups is 2. The predicted octanol–water partition coefficient (Wildman–Crippen LogP) is 2.59. The number of ether oxygens (including phenoxy) is 2. The average molecular weight is 479 g/mol. The van der Waals surface area contributed by atoms with Crippen LogP contribution in [0.2, 0.25) is 0 Å².